The van der Waals surface area contributed by atoms with Crippen LogP contribution >= 0.6 is 23.4 Å². The van der Waals surface area contributed by atoms with Crippen LogP contribution in [0.2, 0.25) is 5.02 Å². The molecule has 0 radical (unpaired) electrons. The van der Waals surface area contributed by atoms with Crippen molar-refractivity contribution in [3.05, 3.63) is 28.8 Å². The quantitative estimate of drug-likeness (QED) is 0.911. The van der Waals surface area contributed by atoms with Gasteiger partial charge in [-0.2, -0.15) is 11.8 Å². The number of nitrogens with one attached hydrogen (secondary N) is 1. The van der Waals surface area contributed by atoms with Crippen molar-refractivity contribution in [1.82, 2.24) is 5.32 Å². The van der Waals surface area contributed by atoms with E-state index in [-0.39, 0.29) is 0 Å². The monoisotopic (exact) mass is 298 g/mol. The van der Waals surface area contributed by atoms with Gasteiger partial charge in [0.05, 0.1) is 0 Å². The zero-order valence-electron chi connectivity index (χ0n) is 11.9. The average Bonchev–Trinajstić information content (AvgIpc) is 2.37. The van der Waals surface area contributed by atoms with Gasteiger partial charge < -0.3 is 10.2 Å². The zero-order chi connectivity index (χ0) is 13.8. The van der Waals surface area contributed by atoms with Gasteiger partial charge in [-0.3, -0.25) is 0 Å². The van der Waals surface area contributed by atoms with Crippen LogP contribution in [0, 0.1) is 0 Å². The Balaban J connectivity index is 2.18. The molecule has 0 aromatic heterocycles. The molecule has 4 heteroatoms. The lowest BCUT2D eigenvalue weighted by Crippen LogP contribution is -2.37. The largest absolute Gasteiger partial charge is 0.369 e. The van der Waals surface area contributed by atoms with Crippen LogP contribution in [0.1, 0.15) is 26.3 Å². The van der Waals surface area contributed by atoms with E-state index in [9.17, 15) is 0 Å². The summed E-state index contributed by atoms with van der Waals surface area (Å²) in [6, 6.07) is 6.75. The van der Waals surface area contributed by atoms with Gasteiger partial charge in [-0.15, -0.1) is 0 Å². The highest BCUT2D eigenvalue weighted by Crippen LogP contribution is 2.29. The normalized spacial score (nSPS) is 20.1. The minimum Gasteiger partial charge on any atom is -0.369 e. The fourth-order valence-electron chi connectivity index (χ4n) is 2.33. The molecule has 1 aromatic carbocycles. The highest BCUT2D eigenvalue weighted by Gasteiger charge is 2.19. The molecule has 0 aliphatic carbocycles. The minimum absolute atomic E-state index is 0.499. The number of nitrogens with zero attached hydrogens (tertiary/aromatic N) is 1. The molecular weight excluding hydrogens is 276 g/mol. The molecule has 1 aromatic rings. The Hall–Kier alpha value is -0.380. The third-order valence-electron chi connectivity index (χ3n) is 3.33. The Morgan fingerprint density at radius 2 is 2.26 bits per heavy atom. The van der Waals surface area contributed by atoms with Crippen molar-refractivity contribution in [3.8, 4) is 0 Å². The molecule has 0 spiro atoms. The van der Waals surface area contributed by atoms with Gasteiger partial charge in [0.1, 0.15) is 0 Å². The second-order valence-corrected chi connectivity index (χ2v) is 7.42. The van der Waals surface area contributed by atoms with Gasteiger partial charge in [0, 0.05) is 47.4 Å². The number of hydrogen-bond acceptors (Lipinski definition) is 3. The minimum atomic E-state index is 0.499. The van der Waals surface area contributed by atoms with Gasteiger partial charge in [-0.1, -0.05) is 38.4 Å². The number of anilines is 1. The Bertz CT molecular complexity index is 423. The van der Waals surface area contributed by atoms with Crippen molar-refractivity contribution in [2.75, 3.05) is 23.7 Å². The molecule has 1 unspecified atom stereocenters. The van der Waals surface area contributed by atoms with E-state index in [0.717, 1.165) is 24.7 Å². The van der Waals surface area contributed by atoms with Gasteiger partial charge in [0.25, 0.3) is 0 Å². The molecule has 2 rings (SSSR count). The van der Waals surface area contributed by atoms with E-state index < -0.39 is 0 Å². The first-order valence-electron chi connectivity index (χ1n) is 6.94. The van der Waals surface area contributed by atoms with E-state index in [2.05, 4.69) is 54.9 Å². The molecule has 1 heterocycles. The maximum atomic E-state index is 6.18. The van der Waals surface area contributed by atoms with Crippen molar-refractivity contribution < 1.29 is 0 Å². The molecular formula is C15H23ClN2S. The van der Waals surface area contributed by atoms with E-state index in [4.69, 9.17) is 11.6 Å². The van der Waals surface area contributed by atoms with Gasteiger partial charge in [-0.05, 0) is 17.7 Å². The Morgan fingerprint density at radius 1 is 1.47 bits per heavy atom. The van der Waals surface area contributed by atoms with Crippen LogP contribution in [0.5, 0.6) is 0 Å². The molecule has 0 saturated carbocycles. The number of hydrogen-bond donors (Lipinski definition) is 1. The van der Waals surface area contributed by atoms with E-state index in [1.165, 1.54) is 17.0 Å². The second-order valence-electron chi connectivity index (χ2n) is 5.44. The summed E-state index contributed by atoms with van der Waals surface area (Å²) in [4.78, 5) is 2.48. The maximum Gasteiger partial charge on any atom is 0.0427 e. The topological polar surface area (TPSA) is 15.3 Å². The summed E-state index contributed by atoms with van der Waals surface area (Å²) in [5, 5.41) is 5.02. The summed E-state index contributed by atoms with van der Waals surface area (Å²) in [5.74, 6) is 1.20. The number of thioether (sulfide) groups is 1. The van der Waals surface area contributed by atoms with Crippen LogP contribution in [-0.2, 0) is 6.54 Å². The number of rotatable bonds is 4. The van der Waals surface area contributed by atoms with Crippen LogP contribution in [0.25, 0.3) is 0 Å². The fraction of sp³-hybridized carbons (Fsp3) is 0.600. The summed E-state index contributed by atoms with van der Waals surface area (Å²) in [6.07, 6.45) is 0. The Labute approximate surface area is 125 Å². The first kappa shape index (κ1) is 15.0. The lowest BCUT2D eigenvalue weighted by atomic mass is 10.1. The first-order chi connectivity index (χ1) is 9.06. The standard InChI is InChI=1S/C15H23ClN2S/c1-11(2)17-9-13-4-5-14(16)8-15(13)18-6-7-19-12(3)10-18/h4-5,8,11-12,17H,6-7,9-10H2,1-3H3. The zero-order valence-corrected chi connectivity index (χ0v) is 13.5. The van der Waals surface area contributed by atoms with Crippen molar-refractivity contribution in [3.63, 3.8) is 0 Å². The molecule has 1 N–H and O–H groups in total. The van der Waals surface area contributed by atoms with Gasteiger partial charge in [-0.25, -0.2) is 0 Å². The molecule has 0 bridgehead atoms. The summed E-state index contributed by atoms with van der Waals surface area (Å²) in [6.45, 7) is 9.78. The summed E-state index contributed by atoms with van der Waals surface area (Å²) < 4.78 is 0. The molecule has 1 saturated heterocycles. The predicted octanol–water partition coefficient (Wildman–Crippen LogP) is 3.78. The van der Waals surface area contributed by atoms with Crippen LogP contribution in [0.15, 0.2) is 18.2 Å². The van der Waals surface area contributed by atoms with Crippen molar-refractivity contribution in [2.24, 2.45) is 0 Å². The van der Waals surface area contributed by atoms with Gasteiger partial charge >= 0.3 is 0 Å². The molecule has 19 heavy (non-hydrogen) atoms. The Morgan fingerprint density at radius 3 is 2.95 bits per heavy atom. The average molecular weight is 299 g/mol. The molecule has 1 atom stereocenters. The van der Waals surface area contributed by atoms with Crippen LogP contribution in [0.4, 0.5) is 5.69 Å². The predicted molar refractivity (Wildman–Crippen MR) is 87.6 cm³/mol. The smallest absolute Gasteiger partial charge is 0.0427 e. The van der Waals surface area contributed by atoms with Gasteiger partial charge in [0.15, 0.2) is 0 Å². The highest BCUT2D eigenvalue weighted by molar-refractivity contribution is 8.00. The SMILES string of the molecule is CC(C)NCc1ccc(Cl)cc1N1CCSC(C)C1. The second kappa shape index (κ2) is 6.87. The molecule has 1 aliphatic rings. The molecule has 1 fully saturated rings. The summed E-state index contributed by atoms with van der Waals surface area (Å²) in [5.41, 5.74) is 2.64. The van der Waals surface area contributed by atoms with E-state index in [0.29, 0.717) is 11.3 Å². The third-order valence-corrected chi connectivity index (χ3v) is 4.70. The van der Waals surface area contributed by atoms with E-state index in [1.807, 2.05) is 6.07 Å². The highest BCUT2D eigenvalue weighted by atomic mass is 35.5. The van der Waals surface area contributed by atoms with Crippen molar-refractivity contribution >= 4 is 29.1 Å². The summed E-state index contributed by atoms with van der Waals surface area (Å²) >= 11 is 8.24. The first-order valence-corrected chi connectivity index (χ1v) is 8.37. The maximum absolute atomic E-state index is 6.18. The fourth-order valence-corrected chi connectivity index (χ4v) is 3.51. The number of halogens is 1. The molecule has 106 valence electrons. The summed E-state index contributed by atoms with van der Waals surface area (Å²) in [7, 11) is 0. The van der Waals surface area contributed by atoms with Crippen molar-refractivity contribution in [2.45, 2.75) is 38.6 Å². The van der Waals surface area contributed by atoms with Crippen LogP contribution < -0.4 is 10.2 Å². The molecule has 0 amide bonds. The van der Waals surface area contributed by atoms with Crippen LogP contribution in [0.3, 0.4) is 0 Å². The van der Waals surface area contributed by atoms with Gasteiger partial charge in [0.2, 0.25) is 0 Å². The van der Waals surface area contributed by atoms with Crippen LogP contribution in [-0.4, -0.2) is 30.1 Å². The van der Waals surface area contributed by atoms with Crippen molar-refractivity contribution in [1.29, 1.82) is 0 Å². The lowest BCUT2D eigenvalue weighted by molar-refractivity contribution is 0.587. The molecule has 1 aliphatic heterocycles. The van der Waals surface area contributed by atoms with E-state index >= 15 is 0 Å². The van der Waals surface area contributed by atoms with E-state index in [1.54, 1.807) is 0 Å². The third kappa shape index (κ3) is 4.30. The number of benzene rings is 1. The lowest BCUT2D eigenvalue weighted by Gasteiger charge is -2.34. The Kier molecular flexibility index (Phi) is 5.43. The molecule has 2 nitrogen and oxygen atoms in total.